The van der Waals surface area contributed by atoms with E-state index in [1.165, 1.54) is 95.0 Å². The van der Waals surface area contributed by atoms with Crippen LogP contribution in [0.4, 0.5) is 5.69 Å². The van der Waals surface area contributed by atoms with E-state index in [0.29, 0.717) is 0 Å². The predicted molar refractivity (Wildman–Crippen MR) is 228 cm³/mol. The summed E-state index contributed by atoms with van der Waals surface area (Å²) in [5, 5.41) is 0. The molecule has 0 bridgehead atoms. The van der Waals surface area contributed by atoms with E-state index in [1.54, 1.807) is 0 Å². The Hall–Kier alpha value is -5.66. The highest BCUT2D eigenvalue weighted by Gasteiger charge is 2.35. The second-order valence-electron chi connectivity index (χ2n) is 14.6. The van der Waals surface area contributed by atoms with Gasteiger partial charge in [-0.15, -0.1) is 0 Å². The van der Waals surface area contributed by atoms with E-state index in [2.05, 4.69) is 191 Å². The average molecular weight is 688 g/mol. The molecule has 53 heavy (non-hydrogen) atoms. The van der Waals surface area contributed by atoms with E-state index in [4.69, 9.17) is 0 Å². The smallest absolute Gasteiger partial charge is 0.0487 e. The fourth-order valence-electron chi connectivity index (χ4n) is 8.73. The maximum Gasteiger partial charge on any atom is 0.0487 e. The lowest BCUT2D eigenvalue weighted by Gasteiger charge is -2.31. The molecule has 5 aromatic carbocycles. The van der Waals surface area contributed by atoms with Crippen molar-refractivity contribution < 1.29 is 0 Å². The molecule has 1 nitrogen and oxygen atoms in total. The minimum Gasteiger partial charge on any atom is -0.314 e. The van der Waals surface area contributed by atoms with Gasteiger partial charge >= 0.3 is 0 Å². The van der Waals surface area contributed by atoms with Crippen LogP contribution in [0.3, 0.4) is 0 Å². The van der Waals surface area contributed by atoms with Crippen molar-refractivity contribution in [3.05, 3.63) is 208 Å². The topological polar surface area (TPSA) is 3.24 Å². The molecular formula is C52H49N. The van der Waals surface area contributed by atoms with Gasteiger partial charge in [-0.3, -0.25) is 0 Å². The normalized spacial score (nSPS) is 16.5. The Labute approximate surface area is 316 Å². The van der Waals surface area contributed by atoms with E-state index in [0.717, 1.165) is 25.7 Å². The number of aryl methyl sites for hydroxylation is 1. The molecule has 0 saturated heterocycles. The number of benzene rings is 5. The van der Waals surface area contributed by atoms with Crippen LogP contribution < -0.4 is 4.90 Å². The second kappa shape index (κ2) is 14.8. The molecule has 1 heteroatoms. The molecule has 1 unspecified atom stereocenters. The standard InChI is InChI=1S/C52H49N/c1-6-18-39-27-30-47-44(39)31-32-48-51(47)45-24-15-16-25-46(45)52(48)49-34-40(38-20-10-8-11-21-38)28-29-43(49)37(5)36(4)33-41(7-2)53(42-22-12-9-13-23-42)50-26-17-14-19-35(50)3/h6,8,10-12,14-29,31-34,52H,7,9,13,30H2,1-5H3/b18-6-,37-36+,41-33+. The molecule has 0 radical (unpaired) electrons. The average Bonchev–Trinajstić information content (AvgIpc) is 3.77. The van der Waals surface area contributed by atoms with Crippen LogP contribution in [0.1, 0.15) is 91.8 Å². The van der Waals surface area contributed by atoms with Crippen LogP contribution in [-0.2, 0) is 6.42 Å². The van der Waals surface area contributed by atoms with Crippen LogP contribution in [0.25, 0.3) is 33.4 Å². The molecule has 8 rings (SSSR count). The summed E-state index contributed by atoms with van der Waals surface area (Å²) >= 11 is 0. The maximum atomic E-state index is 2.49. The summed E-state index contributed by atoms with van der Waals surface area (Å²) in [5.41, 5.74) is 22.7. The number of hydrogen-bond donors (Lipinski definition) is 0. The number of fused-ring (bicyclic) bond motifs is 5. The van der Waals surface area contributed by atoms with Crippen molar-refractivity contribution in [2.45, 2.75) is 66.2 Å². The largest absolute Gasteiger partial charge is 0.314 e. The lowest BCUT2D eigenvalue weighted by atomic mass is 9.81. The first kappa shape index (κ1) is 34.4. The zero-order valence-corrected chi connectivity index (χ0v) is 31.8. The second-order valence-corrected chi connectivity index (χ2v) is 14.6. The van der Waals surface area contributed by atoms with Gasteiger partial charge in [0.15, 0.2) is 0 Å². The third kappa shape index (κ3) is 6.29. The highest BCUT2D eigenvalue weighted by atomic mass is 15.2. The van der Waals surface area contributed by atoms with Crippen LogP contribution in [0.5, 0.6) is 0 Å². The van der Waals surface area contributed by atoms with Crippen LogP contribution in [0.2, 0.25) is 0 Å². The molecule has 0 heterocycles. The van der Waals surface area contributed by atoms with E-state index in [-0.39, 0.29) is 5.92 Å². The van der Waals surface area contributed by atoms with Gasteiger partial charge in [0.1, 0.15) is 0 Å². The Balaban J connectivity index is 1.31. The lowest BCUT2D eigenvalue weighted by Crippen LogP contribution is -2.22. The number of hydrogen-bond acceptors (Lipinski definition) is 1. The van der Waals surface area contributed by atoms with E-state index in [1.807, 2.05) is 0 Å². The van der Waals surface area contributed by atoms with Gasteiger partial charge in [0.2, 0.25) is 0 Å². The van der Waals surface area contributed by atoms with Crippen molar-refractivity contribution in [2.24, 2.45) is 0 Å². The zero-order valence-electron chi connectivity index (χ0n) is 31.8. The third-order valence-electron chi connectivity index (χ3n) is 11.5. The molecule has 0 saturated carbocycles. The van der Waals surface area contributed by atoms with Crippen molar-refractivity contribution in [3.63, 3.8) is 0 Å². The molecule has 0 aliphatic heterocycles. The van der Waals surface area contributed by atoms with Crippen LogP contribution >= 0.6 is 0 Å². The summed E-state index contributed by atoms with van der Waals surface area (Å²) in [6.45, 7) is 11.3. The lowest BCUT2D eigenvalue weighted by molar-refractivity contribution is 0.936. The fraction of sp³-hybridized carbons (Fsp3) is 0.192. The Morgan fingerprint density at radius 1 is 0.755 bits per heavy atom. The van der Waals surface area contributed by atoms with Crippen molar-refractivity contribution in [1.82, 2.24) is 0 Å². The van der Waals surface area contributed by atoms with Crippen LogP contribution in [-0.4, -0.2) is 0 Å². The fourth-order valence-corrected chi connectivity index (χ4v) is 8.73. The molecule has 3 aliphatic rings. The number of allylic oxidation sites excluding steroid dienone is 11. The summed E-state index contributed by atoms with van der Waals surface area (Å²) in [4.78, 5) is 2.49. The van der Waals surface area contributed by atoms with Crippen LogP contribution in [0.15, 0.2) is 169 Å². The van der Waals surface area contributed by atoms with Gasteiger partial charge < -0.3 is 4.90 Å². The van der Waals surface area contributed by atoms with Gasteiger partial charge in [-0.05, 0) is 156 Å². The summed E-state index contributed by atoms with van der Waals surface area (Å²) in [5.74, 6) is 0.134. The molecule has 262 valence electrons. The minimum absolute atomic E-state index is 0.134. The van der Waals surface area contributed by atoms with Gasteiger partial charge in [-0.1, -0.05) is 134 Å². The highest BCUT2D eigenvalue weighted by molar-refractivity contribution is 5.92. The van der Waals surface area contributed by atoms with E-state index < -0.39 is 0 Å². The monoisotopic (exact) mass is 687 g/mol. The molecule has 0 aromatic heterocycles. The van der Waals surface area contributed by atoms with Gasteiger partial charge in [-0.25, -0.2) is 0 Å². The van der Waals surface area contributed by atoms with Crippen molar-refractivity contribution >= 4 is 16.8 Å². The SMILES string of the molecule is C/C=C\C1=CCc2c1ccc1c2-c2ccccc2C1c1cc(-c2ccccc2)ccc1/C(C)=C(C)/C=C(\CC)N(C1=CCCC=C1)c1ccccc1C. The number of rotatable bonds is 9. The molecule has 0 amide bonds. The molecule has 0 fully saturated rings. The van der Waals surface area contributed by atoms with Crippen molar-refractivity contribution in [2.75, 3.05) is 4.90 Å². The third-order valence-corrected chi connectivity index (χ3v) is 11.5. The summed E-state index contributed by atoms with van der Waals surface area (Å²) < 4.78 is 0. The van der Waals surface area contributed by atoms with E-state index in [9.17, 15) is 0 Å². The van der Waals surface area contributed by atoms with Gasteiger partial charge in [0, 0.05) is 23.0 Å². The van der Waals surface area contributed by atoms with Gasteiger partial charge in [0.25, 0.3) is 0 Å². The Bertz CT molecular complexity index is 2390. The first-order valence-corrected chi connectivity index (χ1v) is 19.4. The summed E-state index contributed by atoms with van der Waals surface area (Å²) in [6, 6.07) is 40.8. The first-order valence-electron chi connectivity index (χ1n) is 19.4. The van der Waals surface area contributed by atoms with E-state index >= 15 is 0 Å². The first-order chi connectivity index (χ1) is 26.0. The van der Waals surface area contributed by atoms with Crippen LogP contribution in [0, 0.1) is 6.92 Å². The Morgan fingerprint density at radius 3 is 2.32 bits per heavy atom. The minimum atomic E-state index is 0.134. The van der Waals surface area contributed by atoms with Crippen molar-refractivity contribution in [1.29, 1.82) is 0 Å². The molecule has 0 N–H and O–H groups in total. The molecule has 3 aliphatic carbocycles. The zero-order chi connectivity index (χ0) is 36.5. The van der Waals surface area contributed by atoms with Gasteiger partial charge in [-0.2, -0.15) is 0 Å². The highest BCUT2D eigenvalue weighted by Crippen LogP contribution is 2.53. The Morgan fingerprint density at radius 2 is 1.55 bits per heavy atom. The molecule has 0 spiro atoms. The predicted octanol–water partition coefficient (Wildman–Crippen LogP) is 14.2. The molecular weight excluding hydrogens is 639 g/mol. The van der Waals surface area contributed by atoms with Crippen molar-refractivity contribution in [3.8, 4) is 22.3 Å². The summed E-state index contributed by atoms with van der Waals surface area (Å²) in [6.07, 6.45) is 20.3. The molecule has 5 aromatic rings. The number of nitrogens with zero attached hydrogens (tertiary/aromatic N) is 1. The molecule has 1 atom stereocenters. The quantitative estimate of drug-likeness (QED) is 0.137. The van der Waals surface area contributed by atoms with Gasteiger partial charge in [0.05, 0.1) is 0 Å². The Kier molecular flexibility index (Phi) is 9.59. The number of anilines is 1. The number of para-hydroxylation sites is 1. The maximum absolute atomic E-state index is 2.49. The summed E-state index contributed by atoms with van der Waals surface area (Å²) in [7, 11) is 0.